The molecule has 8 nitrogen and oxygen atoms in total. The molecule has 1 aromatic carbocycles. The van der Waals surface area contributed by atoms with Crippen LogP contribution in [0.15, 0.2) is 35.0 Å². The van der Waals surface area contributed by atoms with Gasteiger partial charge in [-0.05, 0) is 45.9 Å². The van der Waals surface area contributed by atoms with Crippen LogP contribution in [0.5, 0.6) is 5.75 Å². The number of hydrogen-bond acceptors (Lipinski definition) is 6. The zero-order chi connectivity index (χ0) is 21.1. The van der Waals surface area contributed by atoms with E-state index in [1.54, 1.807) is 7.11 Å². The van der Waals surface area contributed by atoms with E-state index in [1.165, 1.54) is 6.21 Å². The maximum atomic E-state index is 12.9. The summed E-state index contributed by atoms with van der Waals surface area (Å²) < 4.78 is 5.41. The van der Waals surface area contributed by atoms with Crippen LogP contribution in [-0.2, 0) is 0 Å². The molecule has 0 aliphatic carbocycles. The SMILES string of the molecule is COc1cc(N2C[C@@H](C)N(C(=O)NC3=NC(C)=CC(C)N3)C[C@@H]2C)ccc1C=N. The predicted octanol–water partition coefficient (Wildman–Crippen LogP) is 2.55. The summed E-state index contributed by atoms with van der Waals surface area (Å²) in [4.78, 5) is 21.4. The van der Waals surface area contributed by atoms with Crippen molar-refractivity contribution in [2.45, 2.75) is 45.8 Å². The van der Waals surface area contributed by atoms with Gasteiger partial charge < -0.3 is 25.3 Å². The molecule has 1 aromatic rings. The summed E-state index contributed by atoms with van der Waals surface area (Å²) in [6.07, 6.45) is 3.30. The summed E-state index contributed by atoms with van der Waals surface area (Å²) in [5.41, 5.74) is 2.66. The summed E-state index contributed by atoms with van der Waals surface area (Å²) in [6.45, 7) is 9.40. The summed E-state index contributed by atoms with van der Waals surface area (Å²) in [5.74, 6) is 1.17. The normalized spacial score (nSPS) is 24.2. The highest BCUT2D eigenvalue weighted by atomic mass is 16.5. The van der Waals surface area contributed by atoms with Gasteiger partial charge in [-0.25, -0.2) is 9.79 Å². The first-order valence-corrected chi connectivity index (χ1v) is 9.88. The third-order valence-electron chi connectivity index (χ3n) is 5.32. The van der Waals surface area contributed by atoms with Crippen molar-refractivity contribution in [3.8, 4) is 5.75 Å². The zero-order valence-electron chi connectivity index (χ0n) is 17.7. The van der Waals surface area contributed by atoms with Gasteiger partial charge in [0.15, 0.2) is 0 Å². The van der Waals surface area contributed by atoms with Crippen molar-refractivity contribution in [3.05, 3.63) is 35.5 Å². The number of carbonyl (C=O) groups is 1. The van der Waals surface area contributed by atoms with E-state index in [1.807, 2.05) is 49.9 Å². The molecule has 1 unspecified atom stereocenters. The van der Waals surface area contributed by atoms with Crippen molar-refractivity contribution in [1.29, 1.82) is 5.41 Å². The minimum absolute atomic E-state index is 0.0258. The standard InChI is InChI=1S/C21H30N6O2/c1-13-8-14(2)24-20(23-13)25-21(28)27-12-15(3)26(11-16(27)4)18-7-6-17(10-22)19(9-18)29-5/h6-10,13,15-16,22H,11-12H2,1-5H3,(H2,23,24,25,28)/t13?,15-,16+/m0/s1. The van der Waals surface area contributed by atoms with Crippen molar-refractivity contribution in [3.63, 3.8) is 0 Å². The lowest BCUT2D eigenvalue weighted by atomic mass is 10.1. The number of nitrogens with zero attached hydrogens (tertiary/aromatic N) is 3. The zero-order valence-corrected chi connectivity index (χ0v) is 17.7. The number of rotatable bonds is 3. The molecule has 156 valence electrons. The molecule has 3 atom stereocenters. The van der Waals surface area contributed by atoms with E-state index in [0.29, 0.717) is 24.8 Å². The number of ether oxygens (including phenoxy) is 1. The number of benzene rings is 1. The van der Waals surface area contributed by atoms with Gasteiger partial charge in [0.25, 0.3) is 0 Å². The molecule has 2 aliphatic heterocycles. The Labute approximate surface area is 172 Å². The van der Waals surface area contributed by atoms with Gasteiger partial charge in [-0.15, -0.1) is 0 Å². The number of piperazine rings is 1. The Morgan fingerprint density at radius 1 is 1.31 bits per heavy atom. The Kier molecular flexibility index (Phi) is 6.10. The first-order chi connectivity index (χ1) is 13.8. The van der Waals surface area contributed by atoms with Gasteiger partial charge in [-0.2, -0.15) is 0 Å². The molecule has 0 saturated carbocycles. The second-order valence-corrected chi connectivity index (χ2v) is 7.70. The molecular formula is C21H30N6O2. The van der Waals surface area contributed by atoms with Crippen LogP contribution in [0.25, 0.3) is 0 Å². The van der Waals surface area contributed by atoms with Gasteiger partial charge in [0.1, 0.15) is 5.75 Å². The molecule has 29 heavy (non-hydrogen) atoms. The van der Waals surface area contributed by atoms with Crippen LogP contribution < -0.4 is 20.3 Å². The van der Waals surface area contributed by atoms with Crippen LogP contribution in [0.2, 0.25) is 0 Å². The minimum Gasteiger partial charge on any atom is -0.496 e. The number of amides is 2. The van der Waals surface area contributed by atoms with Gasteiger partial charge in [0.05, 0.1) is 7.11 Å². The average Bonchev–Trinajstić information content (AvgIpc) is 2.68. The number of hydrogen-bond donors (Lipinski definition) is 3. The Bertz CT molecular complexity index is 850. The number of methoxy groups -OCH3 is 1. The highest BCUT2D eigenvalue weighted by Crippen LogP contribution is 2.28. The third kappa shape index (κ3) is 4.52. The second kappa shape index (κ2) is 8.55. The second-order valence-electron chi connectivity index (χ2n) is 7.70. The van der Waals surface area contributed by atoms with Crippen molar-refractivity contribution in [2.75, 3.05) is 25.1 Å². The van der Waals surface area contributed by atoms with Crippen LogP contribution in [-0.4, -0.2) is 61.4 Å². The van der Waals surface area contributed by atoms with Gasteiger partial charge in [0, 0.05) is 60.4 Å². The lowest BCUT2D eigenvalue weighted by Crippen LogP contribution is -2.61. The molecule has 0 radical (unpaired) electrons. The van der Waals surface area contributed by atoms with E-state index in [-0.39, 0.29) is 24.2 Å². The van der Waals surface area contributed by atoms with Crippen molar-refractivity contribution in [2.24, 2.45) is 4.99 Å². The van der Waals surface area contributed by atoms with Crippen molar-refractivity contribution in [1.82, 2.24) is 15.5 Å². The van der Waals surface area contributed by atoms with Crippen molar-refractivity contribution >= 4 is 23.9 Å². The van der Waals surface area contributed by atoms with E-state index in [9.17, 15) is 4.79 Å². The van der Waals surface area contributed by atoms with E-state index in [0.717, 1.165) is 16.9 Å². The van der Waals surface area contributed by atoms with Crippen LogP contribution in [0.1, 0.15) is 33.3 Å². The first-order valence-electron chi connectivity index (χ1n) is 9.88. The summed E-state index contributed by atoms with van der Waals surface area (Å²) in [5, 5.41) is 13.6. The Morgan fingerprint density at radius 2 is 2.07 bits per heavy atom. The molecule has 1 fully saturated rings. The van der Waals surface area contributed by atoms with E-state index >= 15 is 0 Å². The minimum atomic E-state index is -0.145. The lowest BCUT2D eigenvalue weighted by molar-refractivity contribution is 0.165. The number of urea groups is 1. The van der Waals surface area contributed by atoms with E-state index in [2.05, 4.69) is 27.4 Å². The fourth-order valence-corrected chi connectivity index (χ4v) is 3.87. The Balaban J connectivity index is 1.70. The highest BCUT2D eigenvalue weighted by molar-refractivity contribution is 5.97. The molecule has 0 spiro atoms. The van der Waals surface area contributed by atoms with Crippen LogP contribution in [0.4, 0.5) is 10.5 Å². The number of aliphatic imine (C=N–C) groups is 1. The molecule has 2 amide bonds. The molecular weight excluding hydrogens is 368 g/mol. The summed E-state index contributed by atoms with van der Waals surface area (Å²) >= 11 is 0. The van der Waals surface area contributed by atoms with Gasteiger partial charge in [-0.1, -0.05) is 0 Å². The largest absolute Gasteiger partial charge is 0.496 e. The first kappa shape index (κ1) is 20.7. The topological polar surface area (TPSA) is 93.1 Å². The fourth-order valence-electron chi connectivity index (χ4n) is 3.87. The molecule has 1 saturated heterocycles. The number of allylic oxidation sites excluding steroid dienone is 1. The maximum absolute atomic E-state index is 12.9. The van der Waals surface area contributed by atoms with Crippen LogP contribution >= 0.6 is 0 Å². The average molecular weight is 399 g/mol. The summed E-state index contributed by atoms with van der Waals surface area (Å²) in [6, 6.07) is 5.99. The monoisotopic (exact) mass is 398 g/mol. The molecule has 2 heterocycles. The van der Waals surface area contributed by atoms with Crippen LogP contribution in [0, 0.1) is 5.41 Å². The molecule has 3 rings (SSSR count). The molecule has 3 N–H and O–H groups in total. The number of carbonyl (C=O) groups excluding carboxylic acids is 1. The molecule has 0 aromatic heterocycles. The Morgan fingerprint density at radius 3 is 2.72 bits per heavy atom. The van der Waals surface area contributed by atoms with Crippen LogP contribution in [0.3, 0.4) is 0 Å². The van der Waals surface area contributed by atoms with Crippen molar-refractivity contribution < 1.29 is 9.53 Å². The van der Waals surface area contributed by atoms with Gasteiger partial charge in [-0.3, -0.25) is 5.32 Å². The van der Waals surface area contributed by atoms with E-state index < -0.39 is 0 Å². The predicted molar refractivity (Wildman–Crippen MR) is 116 cm³/mol. The quantitative estimate of drug-likeness (QED) is 0.682. The maximum Gasteiger partial charge on any atom is 0.324 e. The van der Waals surface area contributed by atoms with Gasteiger partial charge in [0.2, 0.25) is 5.96 Å². The lowest BCUT2D eigenvalue weighted by Gasteiger charge is -2.45. The number of anilines is 1. The van der Waals surface area contributed by atoms with E-state index in [4.69, 9.17) is 10.1 Å². The number of guanidine groups is 1. The fraction of sp³-hybridized carbons (Fsp3) is 0.476. The third-order valence-corrected chi connectivity index (χ3v) is 5.32. The smallest absolute Gasteiger partial charge is 0.324 e. The Hall–Kier alpha value is -3.03. The molecule has 2 aliphatic rings. The molecule has 8 heteroatoms. The molecule has 0 bridgehead atoms. The highest BCUT2D eigenvalue weighted by Gasteiger charge is 2.33. The van der Waals surface area contributed by atoms with Gasteiger partial charge >= 0.3 is 6.03 Å². The summed E-state index contributed by atoms with van der Waals surface area (Å²) in [7, 11) is 1.61. The number of nitrogens with one attached hydrogen (secondary N) is 3.